The molecule has 0 bridgehead atoms. The summed E-state index contributed by atoms with van der Waals surface area (Å²) in [6.45, 7) is -0.350. The van der Waals surface area contributed by atoms with Gasteiger partial charge in [-0.2, -0.15) is 0 Å². The van der Waals surface area contributed by atoms with Gasteiger partial charge in [-0.1, -0.05) is 5.92 Å². The van der Waals surface area contributed by atoms with Crippen LogP contribution in [0.3, 0.4) is 0 Å². The summed E-state index contributed by atoms with van der Waals surface area (Å²) >= 11 is 1.21. The first kappa shape index (κ1) is 19.8. The van der Waals surface area contributed by atoms with E-state index in [1.165, 1.54) is 30.9 Å². The number of ether oxygens (including phenoxy) is 3. The van der Waals surface area contributed by atoms with E-state index >= 15 is 0 Å². The van der Waals surface area contributed by atoms with E-state index in [2.05, 4.69) is 5.92 Å². The van der Waals surface area contributed by atoms with Crippen molar-refractivity contribution in [2.75, 3.05) is 33.2 Å². The minimum absolute atomic E-state index is 0.0350. The molecule has 0 N–H and O–H groups in total. The van der Waals surface area contributed by atoms with Gasteiger partial charge >= 0.3 is 5.97 Å². The van der Waals surface area contributed by atoms with E-state index in [9.17, 15) is 14.4 Å². The number of thioether (sulfide) groups is 1. The summed E-state index contributed by atoms with van der Waals surface area (Å²) in [5.41, 5.74) is 0.413. The standard InChI is InChI=1S/C18H19NO6S/c1-4-9-25-10-15(20)19-14(18(22)24-3)11-26-17(19)16(21)12-5-7-13(23-2)8-6-12/h1,5-8,14,17H,9-11H2,2-3H3/t14-,17+/m0/s1. The van der Waals surface area contributed by atoms with Crippen molar-refractivity contribution < 1.29 is 28.6 Å². The highest BCUT2D eigenvalue weighted by molar-refractivity contribution is 8.00. The highest BCUT2D eigenvalue weighted by atomic mass is 32.2. The molecule has 1 aromatic carbocycles. The Morgan fingerprint density at radius 2 is 1.96 bits per heavy atom. The van der Waals surface area contributed by atoms with Crippen molar-refractivity contribution >= 4 is 29.4 Å². The normalized spacial score (nSPS) is 18.9. The van der Waals surface area contributed by atoms with Crippen molar-refractivity contribution in [3.05, 3.63) is 29.8 Å². The average molecular weight is 377 g/mol. The first-order valence-corrected chi connectivity index (χ1v) is 8.78. The minimum Gasteiger partial charge on any atom is -0.497 e. The predicted octanol–water partition coefficient (Wildman–Crippen LogP) is 0.971. The summed E-state index contributed by atoms with van der Waals surface area (Å²) in [4.78, 5) is 38.6. The molecule has 1 aliphatic rings. The lowest BCUT2D eigenvalue weighted by Gasteiger charge is -2.27. The summed E-state index contributed by atoms with van der Waals surface area (Å²) in [5.74, 6) is 1.79. The third kappa shape index (κ3) is 4.36. The summed E-state index contributed by atoms with van der Waals surface area (Å²) < 4.78 is 14.9. The Hall–Kier alpha value is -2.50. The predicted molar refractivity (Wildman–Crippen MR) is 95.9 cm³/mol. The number of amides is 1. The van der Waals surface area contributed by atoms with Gasteiger partial charge in [-0.15, -0.1) is 18.2 Å². The number of hydrogen-bond acceptors (Lipinski definition) is 7. The molecule has 1 saturated heterocycles. The number of benzene rings is 1. The van der Waals surface area contributed by atoms with E-state index in [0.717, 1.165) is 0 Å². The zero-order valence-corrected chi connectivity index (χ0v) is 15.3. The molecule has 0 saturated carbocycles. The van der Waals surface area contributed by atoms with Crippen molar-refractivity contribution in [2.45, 2.75) is 11.4 Å². The monoisotopic (exact) mass is 377 g/mol. The molecule has 1 aliphatic heterocycles. The molecule has 0 aliphatic carbocycles. The zero-order chi connectivity index (χ0) is 19.1. The molecule has 1 aromatic rings. The number of Topliss-reactive ketones (excluding diaryl/α,β-unsaturated/α-hetero) is 1. The Kier molecular flexibility index (Phi) is 7.06. The number of carbonyl (C=O) groups excluding carboxylic acids is 3. The molecule has 7 nitrogen and oxygen atoms in total. The lowest BCUT2D eigenvalue weighted by molar-refractivity contribution is -0.152. The summed E-state index contributed by atoms with van der Waals surface area (Å²) in [6.07, 6.45) is 5.10. The molecule has 1 fully saturated rings. The van der Waals surface area contributed by atoms with Crippen LogP contribution < -0.4 is 4.74 Å². The summed E-state index contributed by atoms with van der Waals surface area (Å²) in [7, 11) is 2.77. The first-order chi connectivity index (χ1) is 12.5. The average Bonchev–Trinajstić information content (AvgIpc) is 3.12. The highest BCUT2D eigenvalue weighted by Gasteiger charge is 2.45. The van der Waals surface area contributed by atoms with E-state index in [1.54, 1.807) is 24.3 Å². The fraction of sp³-hybridized carbons (Fsp3) is 0.389. The van der Waals surface area contributed by atoms with Gasteiger partial charge in [-0.05, 0) is 24.3 Å². The van der Waals surface area contributed by atoms with Gasteiger partial charge in [0.2, 0.25) is 0 Å². The van der Waals surface area contributed by atoms with Gasteiger partial charge in [-0.25, -0.2) is 4.79 Å². The molecule has 2 rings (SSSR count). The van der Waals surface area contributed by atoms with E-state index in [-0.39, 0.29) is 24.7 Å². The summed E-state index contributed by atoms with van der Waals surface area (Å²) in [6, 6.07) is 5.70. The van der Waals surface area contributed by atoms with Crippen LogP contribution in [0.15, 0.2) is 24.3 Å². The van der Waals surface area contributed by atoms with Gasteiger partial charge in [-0.3, -0.25) is 9.59 Å². The molecule has 2 atom stereocenters. The molecule has 0 radical (unpaired) electrons. The second-order valence-electron chi connectivity index (χ2n) is 5.32. The fourth-order valence-corrected chi connectivity index (χ4v) is 3.87. The van der Waals surface area contributed by atoms with Gasteiger partial charge in [0.25, 0.3) is 5.91 Å². The topological polar surface area (TPSA) is 82.1 Å². The Morgan fingerprint density at radius 3 is 2.54 bits per heavy atom. The van der Waals surface area contributed by atoms with E-state index in [4.69, 9.17) is 20.6 Å². The Labute approximate surface area is 156 Å². The molecule has 0 spiro atoms. The number of carbonyl (C=O) groups is 3. The lowest BCUT2D eigenvalue weighted by atomic mass is 10.1. The lowest BCUT2D eigenvalue weighted by Crippen LogP contribution is -2.49. The molecule has 0 aromatic heterocycles. The highest BCUT2D eigenvalue weighted by Crippen LogP contribution is 2.32. The zero-order valence-electron chi connectivity index (χ0n) is 14.5. The Balaban J connectivity index is 2.23. The Morgan fingerprint density at radius 1 is 1.27 bits per heavy atom. The smallest absolute Gasteiger partial charge is 0.329 e. The maximum absolute atomic E-state index is 12.9. The van der Waals surface area contributed by atoms with E-state index < -0.39 is 23.3 Å². The number of methoxy groups -OCH3 is 2. The molecule has 1 heterocycles. The molecule has 8 heteroatoms. The van der Waals surface area contributed by atoms with Crippen LogP contribution in [0.25, 0.3) is 0 Å². The largest absolute Gasteiger partial charge is 0.497 e. The van der Waals surface area contributed by atoms with Crippen LogP contribution in [0.5, 0.6) is 5.75 Å². The number of esters is 1. The third-order valence-corrected chi connectivity index (χ3v) is 5.04. The van der Waals surface area contributed by atoms with Crippen molar-refractivity contribution in [3.63, 3.8) is 0 Å². The van der Waals surface area contributed by atoms with Gasteiger partial charge in [0.1, 0.15) is 30.4 Å². The SMILES string of the molecule is C#CCOCC(=O)N1[C@@H](C(=O)c2ccc(OC)cc2)SC[C@H]1C(=O)OC. The minimum atomic E-state index is -0.848. The van der Waals surface area contributed by atoms with Crippen molar-refractivity contribution in [3.8, 4) is 18.1 Å². The van der Waals surface area contributed by atoms with Gasteiger partial charge in [0.05, 0.1) is 14.2 Å². The van der Waals surface area contributed by atoms with Crippen LogP contribution in [0.4, 0.5) is 0 Å². The number of hydrogen-bond donors (Lipinski definition) is 0. The quantitative estimate of drug-likeness (QED) is 0.303. The molecular weight excluding hydrogens is 358 g/mol. The number of nitrogens with zero attached hydrogens (tertiary/aromatic N) is 1. The molecule has 1 amide bonds. The van der Waals surface area contributed by atoms with Crippen molar-refractivity contribution in [1.82, 2.24) is 4.90 Å². The number of rotatable bonds is 7. The fourth-order valence-electron chi connectivity index (χ4n) is 2.50. The van der Waals surface area contributed by atoms with Crippen molar-refractivity contribution in [2.24, 2.45) is 0 Å². The molecule has 138 valence electrons. The number of ketones is 1. The Bertz CT molecular complexity index is 711. The van der Waals surface area contributed by atoms with E-state index in [0.29, 0.717) is 11.3 Å². The van der Waals surface area contributed by atoms with Crippen LogP contribution in [-0.2, 0) is 19.1 Å². The van der Waals surface area contributed by atoms with Crippen LogP contribution >= 0.6 is 11.8 Å². The van der Waals surface area contributed by atoms with Gasteiger partial charge < -0.3 is 19.1 Å². The van der Waals surface area contributed by atoms with Gasteiger partial charge in [0, 0.05) is 11.3 Å². The number of terminal acetylenes is 1. The van der Waals surface area contributed by atoms with Crippen LogP contribution in [0, 0.1) is 12.3 Å². The van der Waals surface area contributed by atoms with Crippen LogP contribution in [0.2, 0.25) is 0 Å². The molecular formula is C18H19NO6S. The third-order valence-electron chi connectivity index (χ3n) is 3.77. The maximum atomic E-state index is 12.9. The van der Waals surface area contributed by atoms with Crippen LogP contribution in [0.1, 0.15) is 10.4 Å². The first-order valence-electron chi connectivity index (χ1n) is 7.73. The van der Waals surface area contributed by atoms with Gasteiger partial charge in [0.15, 0.2) is 5.78 Å². The summed E-state index contributed by atoms with van der Waals surface area (Å²) in [5, 5.41) is -0.838. The molecule has 26 heavy (non-hydrogen) atoms. The van der Waals surface area contributed by atoms with Crippen molar-refractivity contribution in [1.29, 1.82) is 0 Å². The molecule has 0 unspecified atom stereocenters. The van der Waals surface area contributed by atoms with E-state index in [1.807, 2.05) is 0 Å². The maximum Gasteiger partial charge on any atom is 0.329 e. The second kappa shape index (κ2) is 9.27. The van der Waals surface area contributed by atoms with Crippen LogP contribution in [-0.4, -0.2) is 67.2 Å². The second-order valence-corrected chi connectivity index (χ2v) is 6.43.